The minimum atomic E-state index is -0.496. The van der Waals surface area contributed by atoms with E-state index in [0.29, 0.717) is 6.54 Å². The average molecular weight is 305 g/mol. The van der Waals surface area contributed by atoms with Crippen LogP contribution in [0.4, 0.5) is 0 Å². The molecule has 0 spiro atoms. The number of aliphatic hydroxyl groups is 1. The van der Waals surface area contributed by atoms with Gasteiger partial charge in [-0.05, 0) is 29.9 Å². The van der Waals surface area contributed by atoms with E-state index in [1.165, 1.54) is 15.3 Å². The lowest BCUT2D eigenvalue weighted by Crippen LogP contribution is -2.40. The predicted octanol–water partition coefficient (Wildman–Crippen LogP) is 3.37. The summed E-state index contributed by atoms with van der Waals surface area (Å²) < 4.78 is 0. The number of hydrogen-bond acceptors (Lipinski definition) is 4. The van der Waals surface area contributed by atoms with Gasteiger partial charge in [0.25, 0.3) is 0 Å². The highest BCUT2D eigenvalue weighted by Gasteiger charge is 2.30. The SMILES string of the molecule is OC1(CNCc2ccc(-c3ccccc3)s2)CCSC1. The quantitative estimate of drug-likeness (QED) is 0.888. The number of rotatable bonds is 5. The molecule has 106 valence electrons. The maximum atomic E-state index is 10.3. The van der Waals surface area contributed by atoms with E-state index < -0.39 is 5.60 Å². The van der Waals surface area contributed by atoms with Gasteiger partial charge in [0.1, 0.15) is 0 Å². The molecule has 2 nitrogen and oxygen atoms in total. The molecular weight excluding hydrogens is 286 g/mol. The first-order valence-electron chi connectivity index (χ1n) is 6.90. The molecule has 20 heavy (non-hydrogen) atoms. The molecule has 2 heterocycles. The van der Waals surface area contributed by atoms with Gasteiger partial charge in [0.2, 0.25) is 0 Å². The summed E-state index contributed by atoms with van der Waals surface area (Å²) in [5.74, 6) is 1.94. The lowest BCUT2D eigenvalue weighted by Gasteiger charge is -2.21. The molecule has 3 rings (SSSR count). The van der Waals surface area contributed by atoms with E-state index in [-0.39, 0.29) is 0 Å². The maximum absolute atomic E-state index is 10.3. The van der Waals surface area contributed by atoms with E-state index >= 15 is 0 Å². The summed E-state index contributed by atoms with van der Waals surface area (Å²) in [6.07, 6.45) is 0.907. The van der Waals surface area contributed by atoms with Crippen molar-refractivity contribution in [2.24, 2.45) is 0 Å². The average Bonchev–Trinajstić information content (AvgIpc) is 3.10. The minimum absolute atomic E-state index is 0.496. The lowest BCUT2D eigenvalue weighted by molar-refractivity contribution is 0.0675. The summed E-state index contributed by atoms with van der Waals surface area (Å²) >= 11 is 3.66. The third-order valence-electron chi connectivity index (χ3n) is 3.56. The van der Waals surface area contributed by atoms with Crippen molar-refractivity contribution in [3.63, 3.8) is 0 Å². The van der Waals surface area contributed by atoms with Crippen LogP contribution < -0.4 is 5.32 Å². The second-order valence-corrected chi connectivity index (χ2v) is 7.54. The standard InChI is InChI=1S/C16H19NOS2/c18-16(8-9-19-12-16)11-17-10-14-6-7-15(20-14)13-4-2-1-3-5-13/h1-7,17-18H,8-12H2. The van der Waals surface area contributed by atoms with Crippen molar-refractivity contribution < 1.29 is 5.11 Å². The Morgan fingerprint density at radius 1 is 1.15 bits per heavy atom. The van der Waals surface area contributed by atoms with Gasteiger partial charge >= 0.3 is 0 Å². The Morgan fingerprint density at radius 3 is 2.75 bits per heavy atom. The van der Waals surface area contributed by atoms with E-state index in [4.69, 9.17) is 0 Å². The van der Waals surface area contributed by atoms with Crippen LogP contribution in [-0.2, 0) is 6.54 Å². The highest BCUT2D eigenvalue weighted by atomic mass is 32.2. The third kappa shape index (κ3) is 3.44. The molecule has 1 aliphatic rings. The van der Waals surface area contributed by atoms with E-state index in [1.54, 1.807) is 0 Å². The fourth-order valence-corrected chi connectivity index (χ4v) is 4.66. The van der Waals surface area contributed by atoms with Crippen LogP contribution in [0.2, 0.25) is 0 Å². The second kappa shape index (κ2) is 6.31. The van der Waals surface area contributed by atoms with Crippen molar-refractivity contribution in [1.29, 1.82) is 0 Å². The van der Waals surface area contributed by atoms with Crippen molar-refractivity contribution in [3.05, 3.63) is 47.3 Å². The largest absolute Gasteiger partial charge is 0.388 e. The number of thiophene rings is 1. The molecule has 1 saturated heterocycles. The van der Waals surface area contributed by atoms with Crippen LogP contribution in [0, 0.1) is 0 Å². The van der Waals surface area contributed by atoms with E-state index in [2.05, 4.69) is 41.7 Å². The Morgan fingerprint density at radius 2 is 2.00 bits per heavy atom. The Kier molecular flexibility index (Phi) is 4.46. The summed E-state index contributed by atoms with van der Waals surface area (Å²) in [7, 11) is 0. The monoisotopic (exact) mass is 305 g/mol. The number of benzene rings is 1. The third-order valence-corrected chi connectivity index (χ3v) is 5.92. The van der Waals surface area contributed by atoms with Gasteiger partial charge in [-0.1, -0.05) is 30.3 Å². The summed E-state index contributed by atoms with van der Waals surface area (Å²) in [5, 5.41) is 13.7. The summed E-state index contributed by atoms with van der Waals surface area (Å²) in [6.45, 7) is 1.53. The van der Waals surface area contributed by atoms with Crippen LogP contribution in [0.5, 0.6) is 0 Å². The molecule has 1 aromatic heterocycles. The van der Waals surface area contributed by atoms with Crippen molar-refractivity contribution in [3.8, 4) is 10.4 Å². The fraction of sp³-hybridized carbons (Fsp3) is 0.375. The molecule has 1 aromatic carbocycles. The molecule has 0 bridgehead atoms. The van der Waals surface area contributed by atoms with Crippen LogP contribution >= 0.6 is 23.1 Å². The van der Waals surface area contributed by atoms with Gasteiger partial charge in [-0.15, -0.1) is 11.3 Å². The Hall–Kier alpha value is -0.810. The van der Waals surface area contributed by atoms with Crippen LogP contribution in [0.3, 0.4) is 0 Å². The van der Waals surface area contributed by atoms with Gasteiger partial charge in [-0.3, -0.25) is 0 Å². The summed E-state index contributed by atoms with van der Waals surface area (Å²) in [5.41, 5.74) is 0.777. The molecule has 1 atom stereocenters. The van der Waals surface area contributed by atoms with Crippen LogP contribution in [0.25, 0.3) is 10.4 Å². The number of nitrogens with one attached hydrogen (secondary N) is 1. The molecular formula is C16H19NOS2. The van der Waals surface area contributed by atoms with Crippen molar-refractivity contribution in [2.75, 3.05) is 18.1 Å². The second-order valence-electron chi connectivity index (χ2n) is 5.26. The van der Waals surface area contributed by atoms with Crippen molar-refractivity contribution in [1.82, 2.24) is 5.32 Å². The molecule has 1 aliphatic heterocycles. The van der Waals surface area contributed by atoms with Crippen LogP contribution in [0.15, 0.2) is 42.5 Å². The van der Waals surface area contributed by atoms with E-state index in [1.807, 2.05) is 29.2 Å². The van der Waals surface area contributed by atoms with Gasteiger partial charge in [0.05, 0.1) is 5.60 Å². The molecule has 1 fully saturated rings. The number of thioether (sulfide) groups is 1. The predicted molar refractivity (Wildman–Crippen MR) is 88.4 cm³/mol. The molecule has 2 N–H and O–H groups in total. The molecule has 0 saturated carbocycles. The minimum Gasteiger partial charge on any atom is -0.388 e. The van der Waals surface area contributed by atoms with Crippen LogP contribution in [0.1, 0.15) is 11.3 Å². The van der Waals surface area contributed by atoms with Crippen molar-refractivity contribution >= 4 is 23.1 Å². The van der Waals surface area contributed by atoms with Crippen LogP contribution in [-0.4, -0.2) is 28.8 Å². The first kappa shape index (κ1) is 14.1. The zero-order valence-corrected chi connectivity index (χ0v) is 13.0. The lowest BCUT2D eigenvalue weighted by atomic mass is 10.0. The Bertz CT molecular complexity index is 547. The van der Waals surface area contributed by atoms with Gasteiger partial charge in [0.15, 0.2) is 0 Å². The highest BCUT2D eigenvalue weighted by Crippen LogP contribution is 2.29. The maximum Gasteiger partial charge on any atom is 0.0869 e. The zero-order chi connectivity index (χ0) is 13.8. The summed E-state index contributed by atoms with van der Waals surface area (Å²) in [6, 6.07) is 14.8. The number of hydrogen-bond donors (Lipinski definition) is 2. The normalized spacial score (nSPS) is 22.2. The van der Waals surface area contributed by atoms with E-state index in [0.717, 1.165) is 24.5 Å². The first-order chi connectivity index (χ1) is 9.75. The van der Waals surface area contributed by atoms with Crippen molar-refractivity contribution in [2.45, 2.75) is 18.6 Å². The zero-order valence-electron chi connectivity index (χ0n) is 11.3. The Balaban J connectivity index is 1.55. The highest BCUT2D eigenvalue weighted by molar-refractivity contribution is 7.99. The molecule has 2 aromatic rings. The first-order valence-corrected chi connectivity index (χ1v) is 8.87. The van der Waals surface area contributed by atoms with E-state index in [9.17, 15) is 5.11 Å². The molecule has 4 heteroatoms. The van der Waals surface area contributed by atoms with Gasteiger partial charge in [-0.2, -0.15) is 11.8 Å². The van der Waals surface area contributed by atoms with Gasteiger partial charge < -0.3 is 10.4 Å². The molecule has 0 radical (unpaired) electrons. The topological polar surface area (TPSA) is 32.3 Å². The van der Waals surface area contributed by atoms with Gasteiger partial charge in [0, 0.05) is 28.6 Å². The molecule has 0 aliphatic carbocycles. The fourth-order valence-electron chi connectivity index (χ4n) is 2.38. The smallest absolute Gasteiger partial charge is 0.0869 e. The Labute approximate surface area is 128 Å². The molecule has 1 unspecified atom stereocenters. The molecule has 0 amide bonds. The summed E-state index contributed by atoms with van der Waals surface area (Å²) in [4.78, 5) is 2.62. The van der Waals surface area contributed by atoms with Gasteiger partial charge in [-0.25, -0.2) is 0 Å².